The summed E-state index contributed by atoms with van der Waals surface area (Å²) in [5, 5.41) is 7.99. The largest absolute Gasteiger partial charge is 0.444 e. The van der Waals surface area contributed by atoms with Gasteiger partial charge in [-0.3, -0.25) is 9.59 Å². The number of carbonyl (C=O) groups excluding carboxylic acids is 3. The molecule has 172 valence electrons. The molecular weight excluding hydrogens is 420 g/mol. The van der Waals surface area contributed by atoms with Crippen molar-refractivity contribution in [3.8, 4) is 5.69 Å². The SMILES string of the molecule is CC(C)(C)OC(=O)NCC(=O)Nc1ccc(CNC(=O)c2ccc(-n3cccc3)cc2)cc1. The van der Waals surface area contributed by atoms with Crippen LogP contribution in [0.15, 0.2) is 73.1 Å². The minimum absolute atomic E-state index is 0.167. The molecule has 3 rings (SSSR count). The molecule has 0 aliphatic heterocycles. The van der Waals surface area contributed by atoms with Gasteiger partial charge in [0.2, 0.25) is 5.91 Å². The molecule has 3 amide bonds. The lowest BCUT2D eigenvalue weighted by molar-refractivity contribution is -0.115. The predicted octanol–water partition coefficient (Wildman–Crippen LogP) is 3.87. The number of aromatic nitrogens is 1. The molecule has 0 atom stereocenters. The number of anilines is 1. The first-order valence-electron chi connectivity index (χ1n) is 10.6. The highest BCUT2D eigenvalue weighted by Gasteiger charge is 2.16. The summed E-state index contributed by atoms with van der Waals surface area (Å²) in [5.41, 5.74) is 2.40. The molecular formula is C25H28N4O4. The third-order valence-electron chi connectivity index (χ3n) is 4.52. The molecule has 1 heterocycles. The summed E-state index contributed by atoms with van der Waals surface area (Å²) in [6.07, 6.45) is 3.24. The number of hydrogen-bond donors (Lipinski definition) is 3. The van der Waals surface area contributed by atoms with Crippen molar-refractivity contribution >= 4 is 23.6 Å². The Hall–Kier alpha value is -4.07. The van der Waals surface area contributed by atoms with Crippen LogP contribution in [0, 0.1) is 0 Å². The molecule has 0 saturated carbocycles. The standard InChI is InChI=1S/C25H28N4O4/c1-25(2,3)33-24(32)27-17-22(30)28-20-10-6-18(7-11-20)16-26-23(31)19-8-12-21(13-9-19)29-14-4-5-15-29/h4-15H,16-17H2,1-3H3,(H,26,31)(H,27,32)(H,28,30). The van der Waals surface area contributed by atoms with Crippen molar-refractivity contribution in [3.63, 3.8) is 0 Å². The van der Waals surface area contributed by atoms with Crippen molar-refractivity contribution < 1.29 is 19.1 Å². The fourth-order valence-corrected chi connectivity index (χ4v) is 2.95. The van der Waals surface area contributed by atoms with E-state index in [0.717, 1.165) is 11.3 Å². The van der Waals surface area contributed by atoms with Gasteiger partial charge in [0.1, 0.15) is 12.1 Å². The fourth-order valence-electron chi connectivity index (χ4n) is 2.95. The topological polar surface area (TPSA) is 101 Å². The number of rotatable bonds is 7. The van der Waals surface area contributed by atoms with Crippen molar-refractivity contribution in [2.75, 3.05) is 11.9 Å². The lowest BCUT2D eigenvalue weighted by Gasteiger charge is -2.19. The van der Waals surface area contributed by atoms with Gasteiger partial charge in [-0.2, -0.15) is 0 Å². The predicted molar refractivity (Wildman–Crippen MR) is 126 cm³/mol. The highest BCUT2D eigenvalue weighted by Crippen LogP contribution is 2.12. The van der Waals surface area contributed by atoms with Crippen LogP contribution in [0.3, 0.4) is 0 Å². The van der Waals surface area contributed by atoms with Crippen molar-refractivity contribution in [2.24, 2.45) is 0 Å². The van der Waals surface area contributed by atoms with E-state index < -0.39 is 11.7 Å². The first kappa shape index (κ1) is 23.6. The number of nitrogens with zero attached hydrogens (tertiary/aromatic N) is 1. The van der Waals surface area contributed by atoms with Crippen LogP contribution in [0.25, 0.3) is 5.69 Å². The molecule has 0 spiro atoms. The molecule has 0 aliphatic rings. The number of benzene rings is 2. The molecule has 33 heavy (non-hydrogen) atoms. The van der Waals surface area contributed by atoms with Crippen LogP contribution in [-0.2, 0) is 16.1 Å². The van der Waals surface area contributed by atoms with Crippen LogP contribution in [0.2, 0.25) is 0 Å². The summed E-state index contributed by atoms with van der Waals surface area (Å²) in [7, 11) is 0. The molecule has 0 radical (unpaired) electrons. The first-order chi connectivity index (χ1) is 15.7. The average Bonchev–Trinajstić information content (AvgIpc) is 3.31. The van der Waals surface area contributed by atoms with E-state index in [2.05, 4.69) is 16.0 Å². The lowest BCUT2D eigenvalue weighted by Crippen LogP contribution is -2.37. The van der Waals surface area contributed by atoms with E-state index >= 15 is 0 Å². The Labute approximate surface area is 192 Å². The minimum Gasteiger partial charge on any atom is -0.444 e. The van der Waals surface area contributed by atoms with Gasteiger partial charge < -0.3 is 25.3 Å². The Balaban J connectivity index is 1.44. The summed E-state index contributed by atoms with van der Waals surface area (Å²) >= 11 is 0. The zero-order chi connectivity index (χ0) is 23.8. The van der Waals surface area contributed by atoms with E-state index in [0.29, 0.717) is 17.8 Å². The summed E-state index contributed by atoms with van der Waals surface area (Å²) in [6.45, 7) is 5.40. The van der Waals surface area contributed by atoms with Crippen LogP contribution in [-0.4, -0.2) is 34.6 Å². The molecule has 0 aliphatic carbocycles. The molecule has 0 bridgehead atoms. The first-order valence-corrected chi connectivity index (χ1v) is 10.6. The van der Waals surface area contributed by atoms with Crippen molar-refractivity contribution in [1.82, 2.24) is 15.2 Å². The van der Waals surface area contributed by atoms with Gasteiger partial charge in [-0.25, -0.2) is 4.79 Å². The van der Waals surface area contributed by atoms with Crippen LogP contribution >= 0.6 is 0 Å². The number of hydrogen-bond acceptors (Lipinski definition) is 4. The number of amides is 3. The smallest absolute Gasteiger partial charge is 0.408 e. The lowest BCUT2D eigenvalue weighted by atomic mass is 10.1. The van der Waals surface area contributed by atoms with Crippen LogP contribution in [0.1, 0.15) is 36.7 Å². The Bertz CT molecular complexity index is 1080. The number of ether oxygens (including phenoxy) is 1. The van der Waals surface area contributed by atoms with E-state index in [9.17, 15) is 14.4 Å². The van der Waals surface area contributed by atoms with Crippen LogP contribution in [0.5, 0.6) is 0 Å². The number of carbonyl (C=O) groups is 3. The molecule has 0 fully saturated rings. The maximum absolute atomic E-state index is 12.4. The summed E-state index contributed by atoms with van der Waals surface area (Å²) in [4.78, 5) is 36.0. The van der Waals surface area contributed by atoms with E-state index in [-0.39, 0.29) is 18.4 Å². The second-order valence-electron chi connectivity index (χ2n) is 8.42. The zero-order valence-corrected chi connectivity index (χ0v) is 18.9. The summed E-state index contributed by atoms with van der Waals surface area (Å²) in [6, 6.07) is 18.3. The Morgan fingerprint density at radius 1 is 0.879 bits per heavy atom. The third kappa shape index (κ3) is 7.53. The molecule has 8 heteroatoms. The van der Waals surface area contributed by atoms with E-state index in [1.54, 1.807) is 45.0 Å². The second-order valence-corrected chi connectivity index (χ2v) is 8.42. The van der Waals surface area contributed by atoms with Gasteiger partial charge in [0.25, 0.3) is 5.91 Å². The van der Waals surface area contributed by atoms with Gasteiger partial charge in [-0.05, 0) is 74.9 Å². The molecule has 2 aromatic carbocycles. The maximum Gasteiger partial charge on any atom is 0.408 e. The van der Waals surface area contributed by atoms with Gasteiger partial charge in [-0.1, -0.05) is 12.1 Å². The normalized spacial score (nSPS) is 10.9. The van der Waals surface area contributed by atoms with Crippen LogP contribution < -0.4 is 16.0 Å². The van der Waals surface area contributed by atoms with E-state index in [1.807, 2.05) is 53.4 Å². The van der Waals surface area contributed by atoms with E-state index in [4.69, 9.17) is 4.74 Å². The highest BCUT2D eigenvalue weighted by atomic mass is 16.6. The monoisotopic (exact) mass is 448 g/mol. The van der Waals surface area contributed by atoms with Gasteiger partial charge in [0.05, 0.1) is 0 Å². The number of nitrogens with one attached hydrogen (secondary N) is 3. The van der Waals surface area contributed by atoms with Crippen molar-refractivity contribution in [3.05, 3.63) is 84.2 Å². The van der Waals surface area contributed by atoms with Crippen molar-refractivity contribution in [2.45, 2.75) is 32.9 Å². The molecule has 0 unspecified atom stereocenters. The van der Waals surface area contributed by atoms with Gasteiger partial charge >= 0.3 is 6.09 Å². The maximum atomic E-state index is 12.4. The highest BCUT2D eigenvalue weighted by molar-refractivity contribution is 5.94. The van der Waals surface area contributed by atoms with E-state index in [1.165, 1.54) is 0 Å². The molecule has 3 N–H and O–H groups in total. The summed E-state index contributed by atoms with van der Waals surface area (Å²) < 4.78 is 7.06. The molecule has 1 aromatic heterocycles. The quantitative estimate of drug-likeness (QED) is 0.511. The van der Waals surface area contributed by atoms with Crippen LogP contribution in [0.4, 0.5) is 10.5 Å². The minimum atomic E-state index is -0.650. The fraction of sp³-hybridized carbons (Fsp3) is 0.240. The summed E-state index contributed by atoms with van der Waals surface area (Å²) in [5.74, 6) is -0.537. The zero-order valence-electron chi connectivity index (χ0n) is 18.9. The Morgan fingerprint density at radius 3 is 2.12 bits per heavy atom. The second kappa shape index (κ2) is 10.5. The Morgan fingerprint density at radius 2 is 1.52 bits per heavy atom. The Kier molecular flexibility index (Phi) is 7.50. The van der Waals surface area contributed by atoms with Gasteiger partial charge in [0.15, 0.2) is 0 Å². The molecule has 3 aromatic rings. The van der Waals surface area contributed by atoms with Gasteiger partial charge in [-0.15, -0.1) is 0 Å². The molecule has 0 saturated heterocycles. The third-order valence-corrected chi connectivity index (χ3v) is 4.52. The average molecular weight is 449 g/mol. The van der Waals surface area contributed by atoms with Crippen molar-refractivity contribution in [1.29, 1.82) is 0 Å². The van der Waals surface area contributed by atoms with Gasteiger partial charge in [0, 0.05) is 35.9 Å². The number of alkyl carbamates (subject to hydrolysis) is 1. The molecule has 8 nitrogen and oxygen atoms in total.